The van der Waals surface area contributed by atoms with Crippen LogP contribution < -0.4 is 15.5 Å². The highest BCUT2D eigenvalue weighted by molar-refractivity contribution is 5.89. The average molecular weight is 423 g/mol. The number of primary amides is 1. The van der Waals surface area contributed by atoms with E-state index in [2.05, 4.69) is 14.9 Å². The molecule has 2 aliphatic rings. The van der Waals surface area contributed by atoms with E-state index in [0.717, 1.165) is 42.8 Å². The average Bonchev–Trinajstić information content (AvgIpc) is 3.24. The van der Waals surface area contributed by atoms with E-state index in [1.807, 2.05) is 0 Å². The Morgan fingerprint density at radius 2 is 1.68 bits per heavy atom. The van der Waals surface area contributed by atoms with Gasteiger partial charge in [-0.3, -0.25) is 4.79 Å². The molecule has 2 fully saturated rings. The summed E-state index contributed by atoms with van der Waals surface area (Å²) in [5.74, 6) is 0.925. The van der Waals surface area contributed by atoms with Crippen LogP contribution in [0.4, 0.5) is 16.2 Å². The number of hydrogen-bond acceptors (Lipinski definition) is 6. The van der Waals surface area contributed by atoms with Crippen molar-refractivity contribution in [3.63, 3.8) is 0 Å². The zero-order valence-corrected chi connectivity index (χ0v) is 17.4. The highest BCUT2D eigenvalue weighted by Gasteiger charge is 2.27. The molecule has 0 bridgehead atoms. The van der Waals surface area contributed by atoms with Crippen molar-refractivity contribution >= 4 is 28.7 Å². The van der Waals surface area contributed by atoms with Crippen LogP contribution in [0, 0.1) is 11.7 Å². The van der Waals surface area contributed by atoms with Crippen molar-refractivity contribution in [2.75, 3.05) is 36.0 Å². The van der Waals surface area contributed by atoms with Crippen LogP contribution in [0.25, 0.3) is 16.7 Å². The van der Waals surface area contributed by atoms with Crippen LogP contribution >= 0.6 is 0 Å². The number of halogens is 1. The number of amides is 1. The van der Waals surface area contributed by atoms with Gasteiger partial charge in [-0.25, -0.2) is 9.07 Å². The monoisotopic (exact) mass is 423 g/mol. The van der Waals surface area contributed by atoms with Crippen molar-refractivity contribution in [3.05, 3.63) is 36.3 Å². The van der Waals surface area contributed by atoms with Gasteiger partial charge in [0.2, 0.25) is 11.9 Å². The number of rotatable bonds is 4. The van der Waals surface area contributed by atoms with Crippen molar-refractivity contribution in [3.8, 4) is 5.69 Å². The Morgan fingerprint density at radius 3 is 2.35 bits per heavy atom. The molecule has 0 spiro atoms. The first kappa shape index (κ1) is 19.7. The number of aromatic nitrogens is 4. The molecular formula is C22H26FN7O. The lowest BCUT2D eigenvalue weighted by atomic mass is 9.96. The molecule has 9 heteroatoms. The fraction of sp³-hybridized carbons (Fsp3) is 0.455. The molecular weight excluding hydrogens is 397 g/mol. The topological polar surface area (TPSA) is 93.2 Å². The van der Waals surface area contributed by atoms with Gasteiger partial charge >= 0.3 is 0 Å². The number of hydrogen-bond donors (Lipinski definition) is 1. The van der Waals surface area contributed by atoms with Gasteiger partial charge in [0.15, 0.2) is 5.65 Å². The Balaban J connectivity index is 1.58. The summed E-state index contributed by atoms with van der Waals surface area (Å²) in [7, 11) is 0. The van der Waals surface area contributed by atoms with Gasteiger partial charge < -0.3 is 15.5 Å². The number of carbonyl (C=O) groups is 1. The molecule has 0 unspecified atom stereocenters. The van der Waals surface area contributed by atoms with Crippen molar-refractivity contribution in [2.45, 2.75) is 32.1 Å². The van der Waals surface area contributed by atoms with Crippen LogP contribution in [-0.2, 0) is 4.79 Å². The highest BCUT2D eigenvalue weighted by atomic mass is 19.1. The number of carbonyl (C=O) groups excluding carboxylic acids is 1. The number of piperidine rings is 2. The lowest BCUT2D eigenvalue weighted by Gasteiger charge is -2.33. The number of fused-ring (bicyclic) bond motifs is 1. The van der Waals surface area contributed by atoms with Crippen molar-refractivity contribution in [1.82, 2.24) is 19.7 Å². The molecule has 5 rings (SSSR count). The van der Waals surface area contributed by atoms with E-state index >= 15 is 0 Å². The molecule has 0 saturated carbocycles. The van der Waals surface area contributed by atoms with Gasteiger partial charge in [0.25, 0.3) is 0 Å². The van der Waals surface area contributed by atoms with Gasteiger partial charge in [0, 0.05) is 32.1 Å². The predicted octanol–water partition coefficient (Wildman–Crippen LogP) is 2.65. The van der Waals surface area contributed by atoms with Crippen molar-refractivity contribution < 1.29 is 9.18 Å². The minimum Gasteiger partial charge on any atom is -0.369 e. The number of anilines is 2. The Kier molecular flexibility index (Phi) is 5.17. The summed E-state index contributed by atoms with van der Waals surface area (Å²) in [6, 6.07) is 6.24. The summed E-state index contributed by atoms with van der Waals surface area (Å²) < 4.78 is 15.2. The first-order valence-corrected chi connectivity index (χ1v) is 10.9. The first-order valence-electron chi connectivity index (χ1n) is 10.9. The third kappa shape index (κ3) is 3.80. The van der Waals surface area contributed by atoms with E-state index < -0.39 is 0 Å². The number of nitrogens with two attached hydrogens (primary N) is 1. The van der Waals surface area contributed by atoms with Crippen LogP contribution in [0.2, 0.25) is 0 Å². The van der Waals surface area contributed by atoms with Crippen molar-refractivity contribution in [1.29, 1.82) is 0 Å². The molecule has 2 N–H and O–H groups in total. The van der Waals surface area contributed by atoms with Crippen LogP contribution in [-0.4, -0.2) is 51.8 Å². The first-order chi connectivity index (χ1) is 15.1. The van der Waals surface area contributed by atoms with Crippen LogP contribution in [0.3, 0.4) is 0 Å². The fourth-order valence-corrected chi connectivity index (χ4v) is 4.51. The molecule has 2 aliphatic heterocycles. The second kappa shape index (κ2) is 8.13. The summed E-state index contributed by atoms with van der Waals surface area (Å²) >= 11 is 0. The Bertz CT molecular complexity index is 1080. The van der Waals surface area contributed by atoms with E-state index in [-0.39, 0.29) is 17.6 Å². The molecule has 4 heterocycles. The normalized spacial score (nSPS) is 18.0. The van der Waals surface area contributed by atoms with Gasteiger partial charge in [0.1, 0.15) is 11.6 Å². The predicted molar refractivity (Wildman–Crippen MR) is 117 cm³/mol. The molecule has 0 radical (unpaired) electrons. The molecule has 0 aliphatic carbocycles. The molecule has 1 amide bonds. The number of benzene rings is 1. The van der Waals surface area contributed by atoms with Crippen LogP contribution in [0.15, 0.2) is 30.5 Å². The minimum absolute atomic E-state index is 0.0860. The Hall–Kier alpha value is -3.23. The highest BCUT2D eigenvalue weighted by Crippen LogP contribution is 2.31. The maximum atomic E-state index is 13.4. The molecule has 8 nitrogen and oxygen atoms in total. The second-order valence-electron chi connectivity index (χ2n) is 8.33. The maximum absolute atomic E-state index is 13.4. The lowest BCUT2D eigenvalue weighted by Crippen LogP contribution is -2.39. The largest absolute Gasteiger partial charge is 0.369 e. The van der Waals surface area contributed by atoms with Gasteiger partial charge in [-0.2, -0.15) is 15.1 Å². The van der Waals surface area contributed by atoms with E-state index in [1.165, 1.54) is 18.6 Å². The summed E-state index contributed by atoms with van der Waals surface area (Å²) in [6.07, 6.45) is 6.67. The quantitative estimate of drug-likeness (QED) is 0.694. The zero-order chi connectivity index (χ0) is 21.4. The molecule has 2 saturated heterocycles. The molecule has 31 heavy (non-hydrogen) atoms. The smallest absolute Gasteiger partial charge is 0.229 e. The van der Waals surface area contributed by atoms with E-state index in [9.17, 15) is 9.18 Å². The molecule has 162 valence electrons. The van der Waals surface area contributed by atoms with Gasteiger partial charge in [-0.1, -0.05) is 0 Å². The molecule has 1 aromatic carbocycles. The summed E-state index contributed by atoms with van der Waals surface area (Å²) in [5, 5.41) is 5.40. The van der Waals surface area contributed by atoms with E-state index in [0.29, 0.717) is 37.5 Å². The van der Waals surface area contributed by atoms with E-state index in [4.69, 9.17) is 15.7 Å². The van der Waals surface area contributed by atoms with Crippen molar-refractivity contribution in [2.24, 2.45) is 11.7 Å². The lowest BCUT2D eigenvalue weighted by molar-refractivity contribution is -0.122. The standard InChI is InChI=1S/C22H26FN7O/c23-16-4-6-17(7-5-16)30-21-18(14-25-30)20(28-12-8-15(9-13-28)19(24)31)26-22(27-21)29-10-2-1-3-11-29/h4-7,14-15H,1-3,8-13H2,(H2,24,31). The summed E-state index contributed by atoms with van der Waals surface area (Å²) in [5.41, 5.74) is 6.96. The van der Waals surface area contributed by atoms with Crippen LogP contribution in [0.5, 0.6) is 0 Å². The number of nitrogens with zero attached hydrogens (tertiary/aromatic N) is 6. The zero-order valence-electron chi connectivity index (χ0n) is 17.4. The Labute approximate surface area is 179 Å². The molecule has 0 atom stereocenters. The van der Waals surface area contributed by atoms with E-state index in [1.54, 1.807) is 23.0 Å². The minimum atomic E-state index is -0.290. The maximum Gasteiger partial charge on any atom is 0.229 e. The molecule has 3 aromatic rings. The second-order valence-corrected chi connectivity index (χ2v) is 8.33. The SMILES string of the molecule is NC(=O)C1CCN(c2nc(N3CCCCC3)nc3c2cnn3-c2ccc(F)cc2)CC1. The van der Waals surface area contributed by atoms with Gasteiger partial charge in [0.05, 0.1) is 17.3 Å². The summed E-state index contributed by atoms with van der Waals surface area (Å²) in [6.45, 7) is 3.28. The summed E-state index contributed by atoms with van der Waals surface area (Å²) in [4.78, 5) is 25.8. The van der Waals surface area contributed by atoms with Gasteiger partial charge in [-0.05, 0) is 56.4 Å². The van der Waals surface area contributed by atoms with Crippen LogP contribution in [0.1, 0.15) is 32.1 Å². The Morgan fingerprint density at radius 1 is 0.968 bits per heavy atom. The third-order valence-electron chi connectivity index (χ3n) is 6.30. The third-order valence-corrected chi connectivity index (χ3v) is 6.30. The molecule has 2 aromatic heterocycles. The van der Waals surface area contributed by atoms with Gasteiger partial charge in [-0.15, -0.1) is 0 Å². The fourth-order valence-electron chi connectivity index (χ4n) is 4.51.